The van der Waals surface area contributed by atoms with E-state index in [9.17, 15) is 18.0 Å². The molecule has 21 heavy (non-hydrogen) atoms. The van der Waals surface area contributed by atoms with Gasteiger partial charge in [-0.25, -0.2) is 4.79 Å². The molecule has 0 aromatic carbocycles. The Kier molecular flexibility index (Phi) is 4.29. The van der Waals surface area contributed by atoms with Crippen LogP contribution in [0, 0.1) is 0 Å². The van der Waals surface area contributed by atoms with Gasteiger partial charge < -0.3 is 9.26 Å². The number of nitrogens with zero attached hydrogens (tertiary/aromatic N) is 3. The molecule has 0 saturated heterocycles. The molecule has 0 N–H and O–H groups in total. The van der Waals surface area contributed by atoms with Crippen LogP contribution in [-0.2, 0) is 11.3 Å². The fourth-order valence-corrected chi connectivity index (χ4v) is 1.66. The molecule has 2 aromatic rings. The Morgan fingerprint density at radius 2 is 2.19 bits per heavy atom. The number of rotatable bonds is 5. The van der Waals surface area contributed by atoms with E-state index >= 15 is 0 Å². The molecule has 0 saturated carbocycles. The predicted octanol–water partition coefficient (Wildman–Crippen LogP) is 2.67. The molecular weight excluding hydrogens is 291 g/mol. The van der Waals surface area contributed by atoms with Crippen molar-refractivity contribution in [1.82, 2.24) is 14.9 Å². The molecule has 0 bridgehead atoms. The molecule has 2 heterocycles. The van der Waals surface area contributed by atoms with Gasteiger partial charge in [-0.1, -0.05) is 5.16 Å². The maximum atomic E-state index is 12.3. The number of carbonyl (C=O) groups excluding carboxylic acids is 1. The largest absolute Gasteiger partial charge is 0.461 e. The third-order valence-electron chi connectivity index (χ3n) is 2.57. The minimum absolute atomic E-state index is 0.0564. The van der Waals surface area contributed by atoms with E-state index in [1.54, 1.807) is 6.92 Å². The molecule has 2 rings (SSSR count). The minimum atomic E-state index is -4.34. The van der Waals surface area contributed by atoms with Crippen molar-refractivity contribution in [3.8, 4) is 11.4 Å². The Balaban J connectivity index is 2.29. The van der Waals surface area contributed by atoms with Crippen LogP contribution >= 0.6 is 0 Å². The van der Waals surface area contributed by atoms with Crippen molar-refractivity contribution in [3.05, 3.63) is 24.1 Å². The Bertz CT molecular complexity index is 605. The monoisotopic (exact) mass is 303 g/mol. The summed E-state index contributed by atoms with van der Waals surface area (Å²) in [5.74, 6) is -0.734. The molecule has 0 aliphatic carbocycles. The minimum Gasteiger partial charge on any atom is -0.461 e. The number of ether oxygens (including phenoxy) is 1. The molecule has 6 nitrogen and oxygen atoms in total. The summed E-state index contributed by atoms with van der Waals surface area (Å²) < 4.78 is 47.4. The summed E-state index contributed by atoms with van der Waals surface area (Å²) in [7, 11) is 0. The van der Waals surface area contributed by atoms with Gasteiger partial charge in [0.25, 0.3) is 0 Å². The lowest BCUT2D eigenvalue weighted by atomic mass is 10.3. The molecule has 0 fully saturated rings. The van der Waals surface area contributed by atoms with Crippen LogP contribution in [0.2, 0.25) is 0 Å². The summed E-state index contributed by atoms with van der Waals surface area (Å²) >= 11 is 0. The maximum absolute atomic E-state index is 12.3. The van der Waals surface area contributed by atoms with Crippen LogP contribution in [0.5, 0.6) is 0 Å². The standard InChI is InChI=1S/C12H12F3N3O3/c1-2-20-11(19)10-7-9(8-3-6-21-17-8)16-18(10)5-4-12(13,14)15/h3,6-7H,2,4-5H2,1H3. The highest BCUT2D eigenvalue weighted by Gasteiger charge is 2.28. The van der Waals surface area contributed by atoms with E-state index in [0.29, 0.717) is 5.69 Å². The lowest BCUT2D eigenvalue weighted by Gasteiger charge is -2.08. The lowest BCUT2D eigenvalue weighted by Crippen LogP contribution is -2.18. The third-order valence-corrected chi connectivity index (χ3v) is 2.57. The van der Waals surface area contributed by atoms with Gasteiger partial charge in [-0.15, -0.1) is 0 Å². The van der Waals surface area contributed by atoms with E-state index in [2.05, 4.69) is 14.8 Å². The fraction of sp³-hybridized carbons (Fsp3) is 0.417. The first-order valence-electron chi connectivity index (χ1n) is 6.13. The zero-order valence-electron chi connectivity index (χ0n) is 11.1. The summed E-state index contributed by atoms with van der Waals surface area (Å²) in [5.41, 5.74) is 0.513. The SMILES string of the molecule is CCOC(=O)c1cc(-c2ccon2)nn1CCC(F)(F)F. The van der Waals surface area contributed by atoms with Gasteiger partial charge in [-0.2, -0.15) is 18.3 Å². The van der Waals surface area contributed by atoms with Crippen LogP contribution in [0.4, 0.5) is 13.2 Å². The van der Waals surface area contributed by atoms with Crippen molar-refractivity contribution in [2.45, 2.75) is 26.1 Å². The summed E-state index contributed by atoms with van der Waals surface area (Å²) in [5, 5.41) is 7.58. The number of hydrogen-bond acceptors (Lipinski definition) is 5. The average molecular weight is 303 g/mol. The number of hydrogen-bond donors (Lipinski definition) is 0. The summed E-state index contributed by atoms with van der Waals surface area (Å²) in [6.07, 6.45) is -4.14. The number of aromatic nitrogens is 3. The van der Waals surface area contributed by atoms with Gasteiger partial charge in [0.2, 0.25) is 0 Å². The molecule has 0 aliphatic rings. The van der Waals surface area contributed by atoms with Crippen LogP contribution in [-0.4, -0.2) is 33.7 Å². The number of alkyl halides is 3. The number of carbonyl (C=O) groups is 1. The Morgan fingerprint density at radius 1 is 1.43 bits per heavy atom. The fourth-order valence-electron chi connectivity index (χ4n) is 1.66. The first-order valence-corrected chi connectivity index (χ1v) is 6.13. The van der Waals surface area contributed by atoms with Gasteiger partial charge in [0.05, 0.1) is 19.6 Å². The van der Waals surface area contributed by atoms with E-state index < -0.39 is 25.1 Å². The molecule has 0 amide bonds. The topological polar surface area (TPSA) is 70.2 Å². The highest BCUT2D eigenvalue weighted by atomic mass is 19.4. The highest BCUT2D eigenvalue weighted by molar-refractivity contribution is 5.88. The molecule has 0 unspecified atom stereocenters. The van der Waals surface area contributed by atoms with Crippen LogP contribution in [0.15, 0.2) is 22.9 Å². The number of halogens is 3. The first kappa shape index (κ1) is 15.1. The van der Waals surface area contributed by atoms with Gasteiger partial charge in [0.15, 0.2) is 0 Å². The third kappa shape index (κ3) is 3.83. The van der Waals surface area contributed by atoms with E-state index in [1.807, 2.05) is 0 Å². The van der Waals surface area contributed by atoms with E-state index in [1.165, 1.54) is 18.4 Å². The van der Waals surface area contributed by atoms with Gasteiger partial charge in [-0.3, -0.25) is 4.68 Å². The number of esters is 1. The highest BCUT2D eigenvalue weighted by Crippen LogP contribution is 2.23. The second-order valence-corrected chi connectivity index (χ2v) is 4.11. The van der Waals surface area contributed by atoms with E-state index in [-0.39, 0.29) is 18.0 Å². The quantitative estimate of drug-likeness (QED) is 0.794. The average Bonchev–Trinajstić information content (AvgIpc) is 3.05. The predicted molar refractivity (Wildman–Crippen MR) is 64.4 cm³/mol. The zero-order valence-corrected chi connectivity index (χ0v) is 11.1. The molecule has 0 aliphatic heterocycles. The molecule has 114 valence electrons. The second kappa shape index (κ2) is 5.98. The van der Waals surface area contributed by atoms with Gasteiger partial charge in [-0.05, 0) is 6.92 Å². The van der Waals surface area contributed by atoms with Crippen molar-refractivity contribution in [1.29, 1.82) is 0 Å². The van der Waals surface area contributed by atoms with Crippen molar-refractivity contribution in [3.63, 3.8) is 0 Å². The molecular formula is C12H12F3N3O3. The summed E-state index contributed by atoms with van der Waals surface area (Å²) in [4.78, 5) is 11.8. The van der Waals surface area contributed by atoms with Crippen LogP contribution in [0.1, 0.15) is 23.8 Å². The van der Waals surface area contributed by atoms with Crippen LogP contribution < -0.4 is 0 Å². The lowest BCUT2D eigenvalue weighted by molar-refractivity contribution is -0.137. The van der Waals surface area contributed by atoms with Gasteiger partial charge in [0.1, 0.15) is 23.3 Å². The van der Waals surface area contributed by atoms with Crippen molar-refractivity contribution < 1.29 is 27.2 Å². The number of aryl methyl sites for hydroxylation is 1. The van der Waals surface area contributed by atoms with Gasteiger partial charge in [0, 0.05) is 12.1 Å². The Hall–Kier alpha value is -2.32. The molecule has 0 atom stereocenters. The van der Waals surface area contributed by atoms with Crippen molar-refractivity contribution in [2.75, 3.05) is 6.61 Å². The second-order valence-electron chi connectivity index (χ2n) is 4.11. The van der Waals surface area contributed by atoms with Crippen LogP contribution in [0.3, 0.4) is 0 Å². The smallest absolute Gasteiger partial charge is 0.390 e. The molecule has 0 spiro atoms. The summed E-state index contributed by atoms with van der Waals surface area (Å²) in [6, 6.07) is 2.82. The Labute approximate surface area is 117 Å². The van der Waals surface area contributed by atoms with E-state index in [4.69, 9.17) is 4.74 Å². The van der Waals surface area contributed by atoms with Gasteiger partial charge >= 0.3 is 12.1 Å². The zero-order chi connectivity index (χ0) is 15.5. The van der Waals surface area contributed by atoms with Crippen molar-refractivity contribution >= 4 is 5.97 Å². The summed E-state index contributed by atoms with van der Waals surface area (Å²) in [6.45, 7) is 1.24. The van der Waals surface area contributed by atoms with Crippen LogP contribution in [0.25, 0.3) is 11.4 Å². The molecule has 9 heteroatoms. The normalized spacial score (nSPS) is 11.6. The Morgan fingerprint density at radius 3 is 2.76 bits per heavy atom. The van der Waals surface area contributed by atoms with Crippen molar-refractivity contribution in [2.24, 2.45) is 0 Å². The first-order chi connectivity index (χ1) is 9.90. The molecule has 0 radical (unpaired) electrons. The van der Waals surface area contributed by atoms with E-state index in [0.717, 1.165) is 4.68 Å². The maximum Gasteiger partial charge on any atom is 0.390 e. The molecule has 2 aromatic heterocycles.